The minimum atomic E-state index is 0.132. The van der Waals surface area contributed by atoms with Crippen molar-refractivity contribution < 1.29 is 14.1 Å². The highest BCUT2D eigenvalue weighted by molar-refractivity contribution is 6.30. The molecule has 0 N–H and O–H groups in total. The fraction of sp³-hybridized carbons (Fsp3) is 0.333. The summed E-state index contributed by atoms with van der Waals surface area (Å²) in [6.45, 7) is 4.99. The lowest BCUT2D eigenvalue weighted by molar-refractivity contribution is -0.131. The molecule has 1 atom stereocenters. The Labute approximate surface area is 181 Å². The number of halogens is 1. The zero-order chi connectivity index (χ0) is 21.1. The number of hydrogen-bond donors (Lipinski definition) is 0. The molecule has 0 bridgehead atoms. The standard InChI is InChI=1S/C24H25ClN2O3/c1-16-22(17(2)30-26-16)15-29-21-11-5-18(6-12-21)14-24(28)27-13-3-4-23(27)19-7-9-20(25)10-8-19/h5-12,23H,3-4,13-15H2,1-2H3. The van der Waals surface area contributed by atoms with Crippen molar-refractivity contribution in [1.29, 1.82) is 0 Å². The van der Waals surface area contributed by atoms with E-state index in [-0.39, 0.29) is 11.9 Å². The zero-order valence-corrected chi connectivity index (χ0v) is 18.0. The number of rotatable bonds is 6. The van der Waals surface area contributed by atoms with Gasteiger partial charge < -0.3 is 14.2 Å². The van der Waals surface area contributed by atoms with Crippen molar-refractivity contribution in [3.63, 3.8) is 0 Å². The van der Waals surface area contributed by atoms with Crippen molar-refractivity contribution in [2.24, 2.45) is 0 Å². The van der Waals surface area contributed by atoms with Crippen LogP contribution in [0.4, 0.5) is 0 Å². The number of nitrogens with zero attached hydrogens (tertiary/aromatic N) is 2. The maximum Gasteiger partial charge on any atom is 0.227 e. The Kier molecular flexibility index (Phi) is 6.09. The zero-order valence-electron chi connectivity index (χ0n) is 17.2. The molecule has 4 rings (SSSR count). The Bertz CT molecular complexity index is 992. The van der Waals surface area contributed by atoms with Gasteiger partial charge in [0.05, 0.1) is 23.7 Å². The average Bonchev–Trinajstić information content (AvgIpc) is 3.35. The van der Waals surface area contributed by atoms with Gasteiger partial charge in [-0.1, -0.05) is 41.0 Å². The number of carbonyl (C=O) groups excluding carboxylic acids is 1. The molecule has 1 aliphatic rings. The normalized spacial score (nSPS) is 16.1. The summed E-state index contributed by atoms with van der Waals surface area (Å²) in [5.74, 6) is 1.68. The van der Waals surface area contributed by atoms with Gasteiger partial charge in [0.2, 0.25) is 5.91 Å². The molecule has 1 fully saturated rings. The predicted molar refractivity (Wildman–Crippen MR) is 116 cm³/mol. The second-order valence-electron chi connectivity index (χ2n) is 7.71. The summed E-state index contributed by atoms with van der Waals surface area (Å²) in [6.07, 6.45) is 2.39. The van der Waals surface area contributed by atoms with Gasteiger partial charge in [0.15, 0.2) is 0 Å². The molecule has 0 aliphatic carbocycles. The number of hydrogen-bond acceptors (Lipinski definition) is 4. The van der Waals surface area contributed by atoms with Crippen LogP contribution in [-0.2, 0) is 17.8 Å². The van der Waals surface area contributed by atoms with Crippen LogP contribution < -0.4 is 4.74 Å². The van der Waals surface area contributed by atoms with Gasteiger partial charge >= 0.3 is 0 Å². The van der Waals surface area contributed by atoms with Gasteiger partial charge in [-0.05, 0) is 62.1 Å². The van der Waals surface area contributed by atoms with Crippen LogP contribution in [0.3, 0.4) is 0 Å². The largest absolute Gasteiger partial charge is 0.489 e. The van der Waals surface area contributed by atoms with Crippen molar-refractivity contribution in [3.8, 4) is 5.75 Å². The molecule has 5 nitrogen and oxygen atoms in total. The van der Waals surface area contributed by atoms with E-state index in [4.69, 9.17) is 20.9 Å². The van der Waals surface area contributed by atoms with Crippen LogP contribution in [0, 0.1) is 13.8 Å². The lowest BCUT2D eigenvalue weighted by atomic mass is 10.0. The minimum Gasteiger partial charge on any atom is -0.489 e. The van der Waals surface area contributed by atoms with E-state index in [2.05, 4.69) is 5.16 Å². The Balaban J connectivity index is 1.36. The molecule has 0 radical (unpaired) electrons. The molecule has 30 heavy (non-hydrogen) atoms. The Morgan fingerprint density at radius 2 is 1.90 bits per heavy atom. The summed E-state index contributed by atoms with van der Waals surface area (Å²) in [4.78, 5) is 14.9. The summed E-state index contributed by atoms with van der Waals surface area (Å²) in [7, 11) is 0. The van der Waals surface area contributed by atoms with Gasteiger partial charge in [-0.15, -0.1) is 0 Å². The van der Waals surface area contributed by atoms with Crippen molar-refractivity contribution in [3.05, 3.63) is 81.7 Å². The number of likely N-dealkylation sites (tertiary alicyclic amines) is 1. The lowest BCUT2D eigenvalue weighted by Crippen LogP contribution is -2.31. The van der Waals surface area contributed by atoms with E-state index in [1.54, 1.807) is 0 Å². The third-order valence-electron chi connectivity index (χ3n) is 5.67. The summed E-state index contributed by atoms with van der Waals surface area (Å²) < 4.78 is 11.0. The number of benzene rings is 2. The smallest absolute Gasteiger partial charge is 0.227 e. The third kappa shape index (κ3) is 4.51. The first-order valence-corrected chi connectivity index (χ1v) is 10.6. The fourth-order valence-electron chi connectivity index (χ4n) is 3.94. The van der Waals surface area contributed by atoms with Crippen molar-refractivity contribution in [2.45, 2.75) is 45.8 Å². The first-order valence-electron chi connectivity index (χ1n) is 10.2. The first kappa shape index (κ1) is 20.5. The van der Waals surface area contributed by atoms with Gasteiger partial charge in [-0.3, -0.25) is 4.79 Å². The third-order valence-corrected chi connectivity index (χ3v) is 5.92. The number of aryl methyl sites for hydroxylation is 2. The maximum absolute atomic E-state index is 13.0. The van der Waals surface area contributed by atoms with Gasteiger partial charge in [0, 0.05) is 11.6 Å². The Morgan fingerprint density at radius 1 is 1.17 bits per heavy atom. The SMILES string of the molecule is Cc1noc(C)c1COc1ccc(CC(=O)N2CCCC2c2ccc(Cl)cc2)cc1. The molecule has 1 aromatic heterocycles. The van der Waals surface area contributed by atoms with Gasteiger partial charge in [-0.25, -0.2) is 0 Å². The molecule has 6 heteroatoms. The van der Waals surface area contributed by atoms with Crippen molar-refractivity contribution in [2.75, 3.05) is 6.54 Å². The molecule has 2 heterocycles. The van der Waals surface area contributed by atoms with Crippen LogP contribution in [0.15, 0.2) is 53.1 Å². The molecule has 0 spiro atoms. The summed E-state index contributed by atoms with van der Waals surface area (Å²) in [6, 6.07) is 15.7. The molecule has 2 aromatic carbocycles. The van der Waals surface area contributed by atoms with E-state index in [0.29, 0.717) is 18.1 Å². The molecule has 1 aliphatic heterocycles. The average molecular weight is 425 g/mol. The minimum absolute atomic E-state index is 0.132. The van der Waals surface area contributed by atoms with E-state index in [1.165, 1.54) is 0 Å². The number of ether oxygens (including phenoxy) is 1. The quantitative estimate of drug-likeness (QED) is 0.529. The van der Waals surface area contributed by atoms with Crippen LogP contribution in [0.5, 0.6) is 5.75 Å². The maximum atomic E-state index is 13.0. The van der Waals surface area contributed by atoms with Crippen LogP contribution in [0.25, 0.3) is 0 Å². The highest BCUT2D eigenvalue weighted by Crippen LogP contribution is 2.33. The highest BCUT2D eigenvalue weighted by atomic mass is 35.5. The Morgan fingerprint density at radius 3 is 2.57 bits per heavy atom. The van der Waals surface area contributed by atoms with Gasteiger partial charge in [0.1, 0.15) is 18.1 Å². The van der Waals surface area contributed by atoms with Crippen LogP contribution in [0.1, 0.15) is 47.0 Å². The van der Waals surface area contributed by atoms with E-state index in [1.807, 2.05) is 67.3 Å². The number of amides is 1. The van der Waals surface area contributed by atoms with Gasteiger partial charge in [0.25, 0.3) is 0 Å². The number of aromatic nitrogens is 1. The molecule has 1 unspecified atom stereocenters. The second kappa shape index (κ2) is 8.92. The Hall–Kier alpha value is -2.79. The number of carbonyl (C=O) groups is 1. The van der Waals surface area contributed by atoms with E-state index in [9.17, 15) is 4.79 Å². The van der Waals surface area contributed by atoms with Gasteiger partial charge in [-0.2, -0.15) is 0 Å². The highest BCUT2D eigenvalue weighted by Gasteiger charge is 2.29. The second-order valence-corrected chi connectivity index (χ2v) is 8.15. The van der Waals surface area contributed by atoms with E-state index in [0.717, 1.165) is 53.3 Å². The molecule has 3 aromatic rings. The predicted octanol–water partition coefficient (Wildman–Crippen LogP) is 5.43. The van der Waals surface area contributed by atoms with Crippen molar-refractivity contribution >= 4 is 17.5 Å². The fourth-order valence-corrected chi connectivity index (χ4v) is 4.07. The van der Waals surface area contributed by atoms with Crippen LogP contribution in [0.2, 0.25) is 5.02 Å². The van der Waals surface area contributed by atoms with Crippen LogP contribution in [-0.4, -0.2) is 22.5 Å². The summed E-state index contributed by atoms with van der Waals surface area (Å²) >= 11 is 6.01. The topological polar surface area (TPSA) is 55.6 Å². The molecular formula is C24H25ClN2O3. The molecule has 156 valence electrons. The molecular weight excluding hydrogens is 400 g/mol. The first-order chi connectivity index (χ1) is 14.5. The summed E-state index contributed by atoms with van der Waals surface area (Å²) in [5, 5.41) is 4.66. The molecule has 1 amide bonds. The molecule has 0 saturated carbocycles. The van der Waals surface area contributed by atoms with Crippen LogP contribution >= 0.6 is 11.6 Å². The monoisotopic (exact) mass is 424 g/mol. The van der Waals surface area contributed by atoms with E-state index < -0.39 is 0 Å². The van der Waals surface area contributed by atoms with E-state index >= 15 is 0 Å². The summed E-state index contributed by atoms with van der Waals surface area (Å²) in [5.41, 5.74) is 3.94. The molecule has 1 saturated heterocycles. The lowest BCUT2D eigenvalue weighted by Gasteiger charge is -2.25. The van der Waals surface area contributed by atoms with Crippen molar-refractivity contribution in [1.82, 2.24) is 10.1 Å².